The minimum absolute atomic E-state index is 0. The zero-order valence-electron chi connectivity index (χ0n) is 24.8. The molecular formula is C34H42N6O6. The summed E-state index contributed by atoms with van der Waals surface area (Å²) in [5.74, 6) is 3.65. The minimum atomic E-state index is -1.33. The first kappa shape index (κ1) is 37.1. The SMILES string of the molecule is C.C[C@@H](O)[C@H](NC(=O)c1ccc(C#Cc2ccc(NC(=O)[C@H](Cc3ccccc3)NC(=O)[C@@H](N)CCCN)cc2)cc1)C(=O)NO. The van der Waals surface area contributed by atoms with Gasteiger partial charge < -0.3 is 32.5 Å². The number of carbonyl (C=O) groups is 4. The third-order valence-electron chi connectivity index (χ3n) is 6.78. The molecule has 0 unspecified atom stereocenters. The maximum Gasteiger partial charge on any atom is 0.268 e. The van der Waals surface area contributed by atoms with Gasteiger partial charge in [-0.1, -0.05) is 49.6 Å². The van der Waals surface area contributed by atoms with Crippen molar-refractivity contribution >= 4 is 29.3 Å². The molecule has 0 spiro atoms. The van der Waals surface area contributed by atoms with Crippen molar-refractivity contribution in [3.05, 3.63) is 101 Å². The lowest BCUT2D eigenvalue weighted by molar-refractivity contribution is -0.133. The fraction of sp³-hybridized carbons (Fsp3) is 0.294. The molecule has 3 rings (SSSR count). The molecular weight excluding hydrogens is 588 g/mol. The molecule has 3 aromatic rings. The number of hydroxylamine groups is 1. The Bertz CT molecular complexity index is 1500. The molecule has 12 heteroatoms. The smallest absolute Gasteiger partial charge is 0.268 e. The van der Waals surface area contributed by atoms with E-state index in [1.165, 1.54) is 24.5 Å². The molecule has 0 saturated carbocycles. The van der Waals surface area contributed by atoms with Crippen molar-refractivity contribution in [2.45, 2.75) is 57.8 Å². The van der Waals surface area contributed by atoms with Crippen molar-refractivity contribution in [1.29, 1.82) is 0 Å². The summed E-state index contributed by atoms with van der Waals surface area (Å²) in [6.45, 7) is 1.73. The third-order valence-corrected chi connectivity index (χ3v) is 6.78. The number of anilines is 1. The second kappa shape index (κ2) is 18.7. The molecule has 0 bridgehead atoms. The minimum Gasteiger partial charge on any atom is -0.391 e. The van der Waals surface area contributed by atoms with E-state index in [9.17, 15) is 24.3 Å². The van der Waals surface area contributed by atoms with Crippen LogP contribution in [-0.4, -0.2) is 64.7 Å². The number of amides is 4. The lowest BCUT2D eigenvalue weighted by atomic mass is 10.0. The van der Waals surface area contributed by atoms with Crippen molar-refractivity contribution in [3.63, 3.8) is 0 Å². The van der Waals surface area contributed by atoms with Crippen LogP contribution in [-0.2, 0) is 20.8 Å². The average Bonchev–Trinajstić information content (AvgIpc) is 3.05. The summed E-state index contributed by atoms with van der Waals surface area (Å²) in [7, 11) is 0. The number of hydrogen-bond acceptors (Lipinski definition) is 8. The van der Waals surface area contributed by atoms with Gasteiger partial charge in [0.1, 0.15) is 12.1 Å². The highest BCUT2D eigenvalue weighted by Gasteiger charge is 2.26. The van der Waals surface area contributed by atoms with Gasteiger partial charge in [0.25, 0.3) is 11.8 Å². The van der Waals surface area contributed by atoms with Crippen molar-refractivity contribution in [2.75, 3.05) is 11.9 Å². The Kier molecular flexibility index (Phi) is 15.1. The average molecular weight is 631 g/mol. The molecule has 0 saturated heterocycles. The standard InChI is InChI=1S/C33H38N6O6.CH4/c1-21(40)29(33(44)39-45)38-30(41)25-15-11-22(12-16-25)9-10-23-13-17-26(18-14-23)36-32(43)28(20-24-6-3-2-4-7-24)37-31(42)27(35)8-5-19-34;/h2-4,6-7,11-18,21,27-29,40,45H,5,8,19-20,34-35H2,1H3,(H,36,43)(H,37,42)(H,38,41)(H,39,44);1H4/t21-,27+,28+,29+;/m1./s1. The van der Waals surface area contributed by atoms with Gasteiger partial charge in [0.2, 0.25) is 11.8 Å². The summed E-state index contributed by atoms with van der Waals surface area (Å²) in [5, 5.41) is 26.5. The van der Waals surface area contributed by atoms with E-state index >= 15 is 0 Å². The molecule has 10 N–H and O–H groups in total. The molecule has 0 radical (unpaired) electrons. The van der Waals surface area contributed by atoms with E-state index in [2.05, 4.69) is 27.8 Å². The number of hydrogen-bond donors (Lipinski definition) is 8. The summed E-state index contributed by atoms with van der Waals surface area (Å²) >= 11 is 0. The maximum atomic E-state index is 13.2. The van der Waals surface area contributed by atoms with E-state index in [0.29, 0.717) is 36.2 Å². The fourth-order valence-corrected chi connectivity index (χ4v) is 4.22. The van der Waals surface area contributed by atoms with E-state index in [0.717, 1.165) is 5.56 Å². The van der Waals surface area contributed by atoms with Crippen LogP contribution < -0.4 is 32.9 Å². The van der Waals surface area contributed by atoms with E-state index in [1.54, 1.807) is 36.4 Å². The van der Waals surface area contributed by atoms with Crippen molar-refractivity contribution in [3.8, 4) is 11.8 Å². The number of carbonyl (C=O) groups excluding carboxylic acids is 4. The van der Waals surface area contributed by atoms with Crippen LogP contribution in [0.25, 0.3) is 0 Å². The summed E-state index contributed by atoms with van der Waals surface area (Å²) in [5.41, 5.74) is 15.8. The first-order valence-electron chi connectivity index (χ1n) is 14.4. The van der Waals surface area contributed by atoms with Crippen LogP contribution in [0.1, 0.15) is 54.2 Å². The normalized spacial score (nSPS) is 12.9. The van der Waals surface area contributed by atoms with Crippen LogP contribution >= 0.6 is 0 Å². The van der Waals surface area contributed by atoms with Gasteiger partial charge >= 0.3 is 0 Å². The molecule has 0 heterocycles. The largest absolute Gasteiger partial charge is 0.391 e. The third kappa shape index (κ3) is 11.5. The molecule has 3 aromatic carbocycles. The van der Waals surface area contributed by atoms with Crippen LogP contribution in [0.3, 0.4) is 0 Å². The van der Waals surface area contributed by atoms with Crippen LogP contribution in [0.5, 0.6) is 0 Å². The number of aliphatic hydroxyl groups excluding tert-OH is 1. The van der Waals surface area contributed by atoms with Crippen molar-refractivity contribution in [1.82, 2.24) is 16.1 Å². The molecule has 0 aromatic heterocycles. The Hall–Kier alpha value is -5.06. The molecule has 0 aliphatic heterocycles. The highest BCUT2D eigenvalue weighted by atomic mass is 16.5. The van der Waals surface area contributed by atoms with Gasteiger partial charge in [-0.2, -0.15) is 0 Å². The molecule has 0 fully saturated rings. The van der Waals surface area contributed by atoms with E-state index < -0.39 is 47.9 Å². The quantitative estimate of drug-likeness (QED) is 0.0785. The lowest BCUT2D eigenvalue weighted by Gasteiger charge is -2.21. The van der Waals surface area contributed by atoms with Gasteiger partial charge in [0.15, 0.2) is 0 Å². The number of benzene rings is 3. The summed E-state index contributed by atoms with van der Waals surface area (Å²) in [6.07, 6.45) is 0.0730. The molecule has 0 aliphatic carbocycles. The molecule has 4 atom stereocenters. The van der Waals surface area contributed by atoms with Gasteiger partial charge in [0, 0.05) is 28.8 Å². The Morgan fingerprint density at radius 2 is 1.41 bits per heavy atom. The molecule has 0 aliphatic rings. The predicted octanol–water partition coefficient (Wildman–Crippen LogP) is 1.44. The molecule has 46 heavy (non-hydrogen) atoms. The summed E-state index contributed by atoms with van der Waals surface area (Å²) < 4.78 is 0. The first-order valence-corrected chi connectivity index (χ1v) is 14.4. The van der Waals surface area contributed by atoms with Crippen molar-refractivity contribution < 1.29 is 29.5 Å². The topological polar surface area (TPSA) is 209 Å². The summed E-state index contributed by atoms with van der Waals surface area (Å²) in [4.78, 5) is 50.0. The van der Waals surface area contributed by atoms with Crippen LogP contribution in [0.15, 0.2) is 78.9 Å². The molecule has 12 nitrogen and oxygen atoms in total. The maximum absolute atomic E-state index is 13.2. The molecule has 244 valence electrons. The highest BCUT2D eigenvalue weighted by molar-refractivity contribution is 5.98. The lowest BCUT2D eigenvalue weighted by Crippen LogP contribution is -2.51. The highest BCUT2D eigenvalue weighted by Crippen LogP contribution is 2.12. The van der Waals surface area contributed by atoms with Gasteiger partial charge in [-0.25, -0.2) is 5.48 Å². The van der Waals surface area contributed by atoms with E-state index in [-0.39, 0.29) is 19.4 Å². The summed E-state index contributed by atoms with van der Waals surface area (Å²) in [6, 6.07) is 19.6. The van der Waals surface area contributed by atoms with E-state index in [4.69, 9.17) is 16.7 Å². The van der Waals surface area contributed by atoms with Gasteiger partial charge in [-0.05, 0) is 80.4 Å². The number of nitrogens with one attached hydrogen (secondary N) is 4. The van der Waals surface area contributed by atoms with Gasteiger partial charge in [0.05, 0.1) is 12.1 Å². The monoisotopic (exact) mass is 630 g/mol. The van der Waals surface area contributed by atoms with Crippen molar-refractivity contribution in [2.24, 2.45) is 11.5 Å². The zero-order valence-corrected chi connectivity index (χ0v) is 24.8. The first-order chi connectivity index (χ1) is 21.6. The number of aliphatic hydroxyl groups is 1. The van der Waals surface area contributed by atoms with Crippen LogP contribution in [0.4, 0.5) is 5.69 Å². The predicted molar refractivity (Wildman–Crippen MR) is 175 cm³/mol. The van der Waals surface area contributed by atoms with Gasteiger partial charge in [-0.3, -0.25) is 24.4 Å². The van der Waals surface area contributed by atoms with Crippen LogP contribution in [0, 0.1) is 11.8 Å². The Balaban J connectivity index is 0.00000736. The number of rotatable bonds is 13. The Morgan fingerprint density at radius 3 is 1.96 bits per heavy atom. The number of nitrogens with two attached hydrogens (primary N) is 2. The second-order valence-electron chi connectivity index (χ2n) is 10.4. The van der Waals surface area contributed by atoms with E-state index in [1.807, 2.05) is 30.3 Å². The Morgan fingerprint density at radius 1 is 0.826 bits per heavy atom. The second-order valence-corrected chi connectivity index (χ2v) is 10.4. The fourth-order valence-electron chi connectivity index (χ4n) is 4.22. The van der Waals surface area contributed by atoms with Crippen LogP contribution in [0.2, 0.25) is 0 Å². The Labute approximate surface area is 268 Å². The molecule has 4 amide bonds. The van der Waals surface area contributed by atoms with Gasteiger partial charge in [-0.15, -0.1) is 0 Å². The zero-order chi connectivity index (χ0) is 32.8.